The van der Waals surface area contributed by atoms with Gasteiger partial charge in [-0.25, -0.2) is 0 Å². The van der Waals surface area contributed by atoms with E-state index in [2.05, 4.69) is 34.2 Å². The first kappa shape index (κ1) is 16.4. The Morgan fingerprint density at radius 3 is 2.61 bits per heavy atom. The smallest absolute Gasteiger partial charge is 0.134 e. The monoisotopic (exact) mass is 409 g/mol. The van der Waals surface area contributed by atoms with Gasteiger partial charge in [0.1, 0.15) is 11.5 Å². The molecule has 2 aromatic carbocycles. The summed E-state index contributed by atoms with van der Waals surface area (Å²) in [5, 5.41) is 4.46. The first-order valence-electron chi connectivity index (χ1n) is 7.07. The van der Waals surface area contributed by atoms with Crippen LogP contribution in [0.1, 0.15) is 11.3 Å². The van der Waals surface area contributed by atoms with Gasteiger partial charge in [-0.1, -0.05) is 45.2 Å². The molecule has 0 unspecified atom stereocenters. The molecule has 0 aliphatic rings. The lowest BCUT2D eigenvalue weighted by Crippen LogP contribution is -1.98. The second-order valence-electron chi connectivity index (χ2n) is 5.21. The van der Waals surface area contributed by atoms with Crippen molar-refractivity contribution >= 4 is 44.8 Å². The van der Waals surface area contributed by atoms with E-state index in [0.29, 0.717) is 16.6 Å². The van der Waals surface area contributed by atoms with E-state index >= 15 is 0 Å². The molecule has 0 aliphatic heterocycles. The molecule has 118 valence electrons. The summed E-state index contributed by atoms with van der Waals surface area (Å²) < 4.78 is 6.99. The molecule has 5 heteroatoms. The third-order valence-corrected chi connectivity index (χ3v) is 4.93. The van der Waals surface area contributed by atoms with Crippen LogP contribution < -0.4 is 5.32 Å². The lowest BCUT2D eigenvalue weighted by atomic mass is 10.1. The summed E-state index contributed by atoms with van der Waals surface area (Å²) in [6.45, 7) is 2.61. The molecular formula is C18H14BrCl2NO. The molecule has 0 spiro atoms. The number of hydrogen-bond acceptors (Lipinski definition) is 2. The molecule has 0 bridgehead atoms. The molecule has 0 atom stereocenters. The van der Waals surface area contributed by atoms with E-state index in [0.717, 1.165) is 27.2 Å². The van der Waals surface area contributed by atoms with Crippen LogP contribution in [-0.2, 0) is 6.54 Å². The van der Waals surface area contributed by atoms with Gasteiger partial charge in [0.25, 0.3) is 0 Å². The van der Waals surface area contributed by atoms with Crippen LogP contribution in [0.4, 0.5) is 5.69 Å². The summed E-state index contributed by atoms with van der Waals surface area (Å²) in [6.07, 6.45) is 0. The molecule has 23 heavy (non-hydrogen) atoms. The average molecular weight is 411 g/mol. The summed E-state index contributed by atoms with van der Waals surface area (Å²) >= 11 is 15.5. The Kier molecular flexibility index (Phi) is 5.00. The Hall–Kier alpha value is -1.42. The Morgan fingerprint density at radius 1 is 1.04 bits per heavy atom. The topological polar surface area (TPSA) is 25.2 Å². The van der Waals surface area contributed by atoms with E-state index in [4.69, 9.17) is 27.6 Å². The molecule has 1 heterocycles. The fourth-order valence-corrected chi connectivity index (χ4v) is 2.96. The number of nitrogens with one attached hydrogen (secondary N) is 1. The highest BCUT2D eigenvalue weighted by Gasteiger charge is 2.07. The summed E-state index contributed by atoms with van der Waals surface area (Å²) in [5.41, 5.74) is 3.06. The molecule has 0 amide bonds. The molecule has 0 saturated carbocycles. The Balaban J connectivity index is 1.73. The zero-order chi connectivity index (χ0) is 16.4. The van der Waals surface area contributed by atoms with E-state index in [-0.39, 0.29) is 0 Å². The van der Waals surface area contributed by atoms with E-state index in [9.17, 15) is 0 Å². The van der Waals surface area contributed by atoms with Crippen LogP contribution in [0.15, 0.2) is 57.4 Å². The van der Waals surface area contributed by atoms with Crippen LogP contribution in [0.25, 0.3) is 11.3 Å². The Bertz CT molecular complexity index is 845. The maximum Gasteiger partial charge on any atom is 0.134 e. The number of halogens is 3. The number of benzene rings is 2. The fourth-order valence-electron chi connectivity index (χ4n) is 2.24. The third kappa shape index (κ3) is 3.92. The minimum absolute atomic E-state index is 0.552. The first-order valence-corrected chi connectivity index (χ1v) is 8.62. The normalized spacial score (nSPS) is 10.8. The summed E-state index contributed by atoms with van der Waals surface area (Å²) in [4.78, 5) is 0. The maximum absolute atomic E-state index is 6.15. The van der Waals surface area contributed by atoms with Crippen LogP contribution in [0.5, 0.6) is 0 Å². The Morgan fingerprint density at radius 2 is 1.87 bits per heavy atom. The van der Waals surface area contributed by atoms with Crippen molar-refractivity contribution in [3.8, 4) is 11.3 Å². The molecule has 0 radical (unpaired) electrons. The van der Waals surface area contributed by atoms with Gasteiger partial charge < -0.3 is 9.73 Å². The second kappa shape index (κ2) is 7.00. The van der Waals surface area contributed by atoms with Gasteiger partial charge in [-0.05, 0) is 55.0 Å². The average Bonchev–Trinajstić information content (AvgIpc) is 2.98. The highest BCUT2D eigenvalue weighted by Crippen LogP contribution is 2.28. The van der Waals surface area contributed by atoms with Crippen LogP contribution >= 0.6 is 39.1 Å². The highest BCUT2D eigenvalue weighted by molar-refractivity contribution is 9.10. The molecule has 1 N–H and O–H groups in total. The Labute approximate surface area is 153 Å². The molecular weight excluding hydrogens is 397 g/mol. The van der Waals surface area contributed by atoms with E-state index in [1.807, 2.05) is 30.3 Å². The fraction of sp³-hybridized carbons (Fsp3) is 0.111. The predicted molar refractivity (Wildman–Crippen MR) is 100 cm³/mol. The van der Waals surface area contributed by atoms with Crippen molar-refractivity contribution in [1.29, 1.82) is 0 Å². The van der Waals surface area contributed by atoms with Gasteiger partial charge in [-0.2, -0.15) is 0 Å². The maximum atomic E-state index is 6.15. The van der Waals surface area contributed by atoms with Gasteiger partial charge in [-0.3, -0.25) is 0 Å². The minimum atomic E-state index is 0.552. The summed E-state index contributed by atoms with van der Waals surface area (Å²) in [5.74, 6) is 1.69. The molecule has 3 aromatic rings. The number of furan rings is 1. The first-order chi connectivity index (χ1) is 11.0. The largest absolute Gasteiger partial charge is 0.459 e. The number of anilines is 1. The van der Waals surface area contributed by atoms with Crippen LogP contribution in [-0.4, -0.2) is 0 Å². The van der Waals surface area contributed by atoms with Crippen LogP contribution in [0, 0.1) is 6.92 Å². The lowest BCUT2D eigenvalue weighted by molar-refractivity contribution is 0.531. The summed E-state index contributed by atoms with van der Waals surface area (Å²) in [7, 11) is 0. The van der Waals surface area contributed by atoms with Crippen molar-refractivity contribution < 1.29 is 4.42 Å². The lowest BCUT2D eigenvalue weighted by Gasteiger charge is -2.07. The highest BCUT2D eigenvalue weighted by atomic mass is 79.9. The van der Waals surface area contributed by atoms with Crippen molar-refractivity contribution in [2.75, 3.05) is 5.32 Å². The molecule has 0 fully saturated rings. The molecule has 1 aromatic heterocycles. The quantitative estimate of drug-likeness (QED) is 0.503. The number of hydrogen-bond donors (Lipinski definition) is 1. The zero-order valence-corrected chi connectivity index (χ0v) is 15.5. The van der Waals surface area contributed by atoms with Gasteiger partial charge in [0, 0.05) is 15.1 Å². The molecule has 0 saturated heterocycles. The standard InChI is InChI=1S/C18H14BrCl2NO/c1-11-8-12(2-5-15(11)19)18-7-4-14(23-18)10-22-17-6-3-13(20)9-16(17)21/h2-9,22H,10H2,1H3. The number of rotatable bonds is 4. The van der Waals surface area contributed by atoms with Crippen molar-refractivity contribution in [2.45, 2.75) is 13.5 Å². The van der Waals surface area contributed by atoms with Gasteiger partial charge in [0.15, 0.2) is 0 Å². The van der Waals surface area contributed by atoms with Crippen molar-refractivity contribution in [2.24, 2.45) is 0 Å². The molecule has 0 aliphatic carbocycles. The van der Waals surface area contributed by atoms with Crippen molar-refractivity contribution in [1.82, 2.24) is 0 Å². The predicted octanol–water partition coefficient (Wildman–Crippen LogP) is 6.94. The van der Waals surface area contributed by atoms with Crippen LogP contribution in [0.3, 0.4) is 0 Å². The van der Waals surface area contributed by atoms with Gasteiger partial charge in [0.2, 0.25) is 0 Å². The van der Waals surface area contributed by atoms with Gasteiger partial charge >= 0.3 is 0 Å². The van der Waals surface area contributed by atoms with Crippen LogP contribution in [0.2, 0.25) is 10.0 Å². The van der Waals surface area contributed by atoms with Gasteiger partial charge in [-0.15, -0.1) is 0 Å². The van der Waals surface area contributed by atoms with E-state index < -0.39 is 0 Å². The zero-order valence-electron chi connectivity index (χ0n) is 12.4. The number of aryl methyl sites for hydroxylation is 1. The third-order valence-electron chi connectivity index (χ3n) is 3.49. The van der Waals surface area contributed by atoms with E-state index in [1.165, 1.54) is 5.56 Å². The minimum Gasteiger partial charge on any atom is -0.459 e. The van der Waals surface area contributed by atoms with Crippen molar-refractivity contribution in [3.05, 3.63) is 74.4 Å². The van der Waals surface area contributed by atoms with Crippen molar-refractivity contribution in [3.63, 3.8) is 0 Å². The van der Waals surface area contributed by atoms with E-state index in [1.54, 1.807) is 12.1 Å². The second-order valence-corrected chi connectivity index (χ2v) is 6.91. The molecule has 3 rings (SSSR count). The SMILES string of the molecule is Cc1cc(-c2ccc(CNc3ccc(Cl)cc3Cl)o2)ccc1Br. The summed E-state index contributed by atoms with van der Waals surface area (Å²) in [6, 6.07) is 15.5. The van der Waals surface area contributed by atoms with Gasteiger partial charge in [0.05, 0.1) is 17.3 Å². The molecule has 2 nitrogen and oxygen atoms in total.